The number of nitrogen functional groups attached to an aromatic ring is 1. The van der Waals surface area contributed by atoms with E-state index < -0.39 is 0 Å². The van der Waals surface area contributed by atoms with Crippen LogP contribution in [-0.4, -0.2) is 16.8 Å². The van der Waals surface area contributed by atoms with Gasteiger partial charge in [0, 0.05) is 11.8 Å². The lowest BCUT2D eigenvalue weighted by atomic mass is 10.2. The Labute approximate surface area is 116 Å². The zero-order valence-electron chi connectivity index (χ0n) is 10.6. The van der Waals surface area contributed by atoms with E-state index in [9.17, 15) is 9.59 Å². The summed E-state index contributed by atoms with van der Waals surface area (Å²) in [7, 11) is 0. The van der Waals surface area contributed by atoms with Crippen LogP contribution in [-0.2, 0) is 16.0 Å². The Kier molecular flexibility index (Phi) is 6.59. The minimum Gasteiger partial charge on any atom is -0.375 e. The standard InChI is InChI=1S/C12H18N4O2S/c1-2-3-4-5-6-10(17)15-16-11(18)7-9-8-19-12(13)14-9/h2,8H,1,3-7H2,(H2,13,14)(H,15,17)(H,16,18). The van der Waals surface area contributed by atoms with Gasteiger partial charge in [-0.15, -0.1) is 17.9 Å². The summed E-state index contributed by atoms with van der Waals surface area (Å²) in [5, 5.41) is 2.14. The first kappa shape index (κ1) is 15.2. The van der Waals surface area contributed by atoms with Gasteiger partial charge in [0.05, 0.1) is 12.1 Å². The van der Waals surface area contributed by atoms with Gasteiger partial charge in [-0.2, -0.15) is 0 Å². The Morgan fingerprint density at radius 3 is 2.74 bits per heavy atom. The number of carbonyl (C=O) groups excluding carboxylic acids is 2. The van der Waals surface area contributed by atoms with E-state index in [0.717, 1.165) is 19.3 Å². The van der Waals surface area contributed by atoms with E-state index in [4.69, 9.17) is 5.73 Å². The van der Waals surface area contributed by atoms with Crippen LogP contribution < -0.4 is 16.6 Å². The molecule has 0 fully saturated rings. The number of aromatic nitrogens is 1. The Balaban J connectivity index is 2.15. The van der Waals surface area contributed by atoms with Crippen LogP contribution in [0.1, 0.15) is 31.4 Å². The molecule has 6 nitrogen and oxygen atoms in total. The molecule has 0 aromatic carbocycles. The summed E-state index contributed by atoms with van der Waals surface area (Å²) in [4.78, 5) is 26.8. The van der Waals surface area contributed by atoms with Gasteiger partial charge in [0.2, 0.25) is 11.8 Å². The van der Waals surface area contributed by atoms with Crippen molar-refractivity contribution in [3.63, 3.8) is 0 Å². The topological polar surface area (TPSA) is 97.1 Å². The van der Waals surface area contributed by atoms with Crippen LogP contribution >= 0.6 is 11.3 Å². The van der Waals surface area contributed by atoms with Gasteiger partial charge in [0.25, 0.3) is 0 Å². The molecule has 0 radical (unpaired) electrons. The van der Waals surface area contributed by atoms with Gasteiger partial charge in [0.15, 0.2) is 5.13 Å². The molecule has 1 rings (SSSR count). The van der Waals surface area contributed by atoms with Crippen molar-refractivity contribution in [3.8, 4) is 0 Å². The number of unbranched alkanes of at least 4 members (excludes halogenated alkanes) is 2. The van der Waals surface area contributed by atoms with Gasteiger partial charge in [0.1, 0.15) is 0 Å². The van der Waals surface area contributed by atoms with Crippen molar-refractivity contribution in [1.29, 1.82) is 0 Å². The molecular weight excluding hydrogens is 264 g/mol. The number of rotatable bonds is 7. The quantitative estimate of drug-likeness (QED) is 0.397. The second kappa shape index (κ2) is 8.25. The molecule has 1 aromatic rings. The average Bonchev–Trinajstić information content (AvgIpc) is 2.77. The van der Waals surface area contributed by atoms with Crippen LogP contribution in [0, 0.1) is 0 Å². The fourth-order valence-corrected chi connectivity index (χ4v) is 1.95. The summed E-state index contributed by atoms with van der Waals surface area (Å²) in [6.45, 7) is 3.61. The number of amides is 2. The van der Waals surface area contributed by atoms with Crippen molar-refractivity contribution < 1.29 is 9.59 Å². The van der Waals surface area contributed by atoms with Crippen LogP contribution in [0.25, 0.3) is 0 Å². The highest BCUT2D eigenvalue weighted by Gasteiger charge is 2.07. The van der Waals surface area contributed by atoms with Crippen molar-refractivity contribution in [3.05, 3.63) is 23.7 Å². The normalized spacial score (nSPS) is 9.89. The van der Waals surface area contributed by atoms with Crippen molar-refractivity contribution >= 4 is 28.3 Å². The van der Waals surface area contributed by atoms with Crippen LogP contribution in [0.15, 0.2) is 18.0 Å². The van der Waals surface area contributed by atoms with Gasteiger partial charge in [-0.1, -0.05) is 6.08 Å². The highest BCUT2D eigenvalue weighted by atomic mass is 32.1. The smallest absolute Gasteiger partial charge is 0.244 e. The third-order valence-corrected chi connectivity index (χ3v) is 3.04. The van der Waals surface area contributed by atoms with E-state index in [1.807, 2.05) is 6.08 Å². The van der Waals surface area contributed by atoms with Crippen LogP contribution in [0.2, 0.25) is 0 Å². The highest BCUT2D eigenvalue weighted by molar-refractivity contribution is 7.13. The Bertz CT molecular complexity index is 445. The average molecular weight is 282 g/mol. The first-order chi connectivity index (χ1) is 9.11. The Hall–Kier alpha value is -1.89. The predicted octanol–water partition coefficient (Wildman–Crippen LogP) is 1.16. The molecule has 0 saturated carbocycles. The lowest BCUT2D eigenvalue weighted by molar-refractivity contribution is -0.128. The van der Waals surface area contributed by atoms with Crippen molar-refractivity contribution in [1.82, 2.24) is 15.8 Å². The third kappa shape index (κ3) is 6.56. The zero-order valence-corrected chi connectivity index (χ0v) is 11.5. The van der Waals surface area contributed by atoms with Crippen LogP contribution in [0.5, 0.6) is 0 Å². The van der Waals surface area contributed by atoms with E-state index in [1.165, 1.54) is 11.3 Å². The first-order valence-corrected chi connectivity index (χ1v) is 6.88. The number of nitrogens with zero attached hydrogens (tertiary/aromatic N) is 1. The van der Waals surface area contributed by atoms with Crippen LogP contribution in [0.3, 0.4) is 0 Å². The second-order valence-corrected chi connectivity index (χ2v) is 4.87. The first-order valence-electron chi connectivity index (χ1n) is 6.00. The number of carbonyl (C=O) groups is 2. The summed E-state index contributed by atoms with van der Waals surface area (Å²) in [6.07, 6.45) is 4.89. The van der Waals surface area contributed by atoms with Gasteiger partial charge < -0.3 is 5.73 Å². The molecule has 0 aliphatic rings. The van der Waals surface area contributed by atoms with Crippen LogP contribution in [0.4, 0.5) is 5.13 Å². The monoisotopic (exact) mass is 282 g/mol. The van der Waals surface area contributed by atoms with E-state index in [0.29, 0.717) is 17.2 Å². The molecule has 1 heterocycles. The number of thiazole rings is 1. The molecule has 0 bridgehead atoms. The fourth-order valence-electron chi connectivity index (χ4n) is 1.39. The number of hydrogen-bond acceptors (Lipinski definition) is 5. The minimum atomic E-state index is -0.315. The number of allylic oxidation sites excluding steroid dienone is 1. The van der Waals surface area contributed by atoms with E-state index in [2.05, 4.69) is 22.4 Å². The number of nitrogens with one attached hydrogen (secondary N) is 2. The molecular formula is C12H18N4O2S. The highest BCUT2D eigenvalue weighted by Crippen LogP contribution is 2.10. The Morgan fingerprint density at radius 2 is 2.11 bits per heavy atom. The number of nitrogens with two attached hydrogens (primary N) is 1. The second-order valence-electron chi connectivity index (χ2n) is 3.98. The molecule has 1 aromatic heterocycles. The molecule has 0 unspecified atom stereocenters. The van der Waals surface area contributed by atoms with Gasteiger partial charge in [-0.05, 0) is 19.3 Å². The summed E-state index contributed by atoms with van der Waals surface area (Å²) >= 11 is 1.28. The van der Waals surface area contributed by atoms with E-state index in [1.54, 1.807) is 5.38 Å². The molecule has 0 aliphatic carbocycles. The summed E-state index contributed by atoms with van der Waals surface area (Å²) < 4.78 is 0. The Morgan fingerprint density at radius 1 is 1.37 bits per heavy atom. The molecule has 0 atom stereocenters. The van der Waals surface area contributed by atoms with Crippen molar-refractivity contribution in [2.45, 2.75) is 32.1 Å². The predicted molar refractivity (Wildman–Crippen MR) is 75.2 cm³/mol. The maximum absolute atomic E-state index is 11.5. The van der Waals surface area contributed by atoms with E-state index >= 15 is 0 Å². The maximum Gasteiger partial charge on any atom is 0.244 e. The summed E-state index contributed by atoms with van der Waals surface area (Å²) in [6, 6.07) is 0. The third-order valence-electron chi connectivity index (χ3n) is 2.31. The fraction of sp³-hybridized carbons (Fsp3) is 0.417. The lowest BCUT2D eigenvalue weighted by Crippen LogP contribution is -2.42. The summed E-state index contributed by atoms with van der Waals surface area (Å²) in [5.41, 5.74) is 10.8. The molecule has 104 valence electrons. The molecule has 0 saturated heterocycles. The molecule has 4 N–H and O–H groups in total. The molecule has 0 spiro atoms. The van der Waals surface area contributed by atoms with Gasteiger partial charge in [-0.3, -0.25) is 20.4 Å². The number of anilines is 1. The molecule has 2 amide bonds. The van der Waals surface area contributed by atoms with Crippen molar-refractivity contribution in [2.24, 2.45) is 0 Å². The number of hydrogen-bond donors (Lipinski definition) is 3. The van der Waals surface area contributed by atoms with Gasteiger partial charge >= 0.3 is 0 Å². The minimum absolute atomic E-state index is 0.102. The summed E-state index contributed by atoms with van der Waals surface area (Å²) in [5.74, 6) is -0.514. The van der Waals surface area contributed by atoms with Crippen molar-refractivity contribution in [2.75, 3.05) is 5.73 Å². The molecule has 0 aliphatic heterocycles. The van der Waals surface area contributed by atoms with E-state index in [-0.39, 0.29) is 18.2 Å². The SMILES string of the molecule is C=CCCCCC(=O)NNC(=O)Cc1csc(N)n1. The maximum atomic E-state index is 11.5. The molecule has 7 heteroatoms. The lowest BCUT2D eigenvalue weighted by Gasteiger charge is -2.06. The number of hydrazine groups is 1. The zero-order chi connectivity index (χ0) is 14.1. The molecule has 19 heavy (non-hydrogen) atoms. The van der Waals surface area contributed by atoms with Gasteiger partial charge in [-0.25, -0.2) is 4.98 Å². The largest absolute Gasteiger partial charge is 0.375 e.